The Labute approximate surface area is 192 Å². The van der Waals surface area contributed by atoms with Crippen molar-refractivity contribution in [1.82, 2.24) is 4.90 Å². The van der Waals surface area contributed by atoms with Crippen molar-refractivity contribution in [1.29, 1.82) is 0 Å². The number of anilines is 1. The molecule has 0 radical (unpaired) electrons. The first-order chi connectivity index (χ1) is 15.9. The minimum atomic E-state index is -2.84. The molecular weight excluding hydrogens is 453 g/mol. The minimum absolute atomic E-state index is 0.0287. The first-order valence-corrected chi connectivity index (χ1v) is 10.5. The number of hydrogen-bond donors (Lipinski definition) is 4. The second kappa shape index (κ2) is 7.77. The Kier molecular flexibility index (Phi) is 5.41. The minimum Gasteiger partial charge on any atom is -0.507 e. The second-order valence-corrected chi connectivity index (χ2v) is 9.16. The van der Waals surface area contributed by atoms with Gasteiger partial charge in [-0.1, -0.05) is 0 Å². The van der Waals surface area contributed by atoms with E-state index < -0.39 is 81.5 Å². The fourth-order valence-corrected chi connectivity index (χ4v) is 5.86. The molecule has 11 nitrogen and oxygen atoms in total. The van der Waals surface area contributed by atoms with Crippen molar-refractivity contribution in [2.75, 3.05) is 19.4 Å². The van der Waals surface area contributed by atoms with E-state index in [1.165, 1.54) is 19.0 Å². The maximum Gasteiger partial charge on any atom is 0.235 e. The number of primary amides is 1. The summed E-state index contributed by atoms with van der Waals surface area (Å²) >= 11 is 0. The van der Waals surface area contributed by atoms with Crippen LogP contribution in [-0.2, 0) is 30.4 Å². The molecule has 34 heavy (non-hydrogen) atoms. The number of phenolic OH excluding ortho intramolecular Hbond substituents is 1. The highest BCUT2D eigenvalue weighted by Crippen LogP contribution is 2.51. The molecule has 2 fully saturated rings. The number of aliphatic hydroxyl groups is 1. The lowest BCUT2D eigenvalue weighted by atomic mass is 9.52. The third-order valence-electron chi connectivity index (χ3n) is 7.22. The van der Waals surface area contributed by atoms with E-state index in [4.69, 9.17) is 5.73 Å². The van der Waals surface area contributed by atoms with Crippen LogP contribution < -0.4 is 11.1 Å². The highest BCUT2D eigenvalue weighted by Gasteiger charge is 2.69. The molecule has 0 aromatic heterocycles. The average molecular weight is 475 g/mol. The number of nitrogens with zero attached hydrogens (tertiary/aromatic N) is 1. The molecule has 2 saturated carbocycles. The number of carbonyl (C=O) groups is 6. The van der Waals surface area contributed by atoms with Crippen LogP contribution in [0.1, 0.15) is 22.3 Å². The van der Waals surface area contributed by atoms with Gasteiger partial charge >= 0.3 is 0 Å². The summed E-state index contributed by atoms with van der Waals surface area (Å²) in [4.78, 5) is 77.3. The van der Waals surface area contributed by atoms with E-state index in [1.807, 2.05) is 0 Å². The van der Waals surface area contributed by atoms with Crippen LogP contribution in [0.15, 0.2) is 6.07 Å². The van der Waals surface area contributed by atoms with Crippen molar-refractivity contribution in [3.8, 4) is 5.75 Å². The number of rotatable bonds is 4. The van der Waals surface area contributed by atoms with E-state index in [0.717, 1.165) is 0 Å². The maximum absolute atomic E-state index is 14.4. The lowest BCUT2D eigenvalue weighted by molar-refractivity contribution is -0.181. The van der Waals surface area contributed by atoms with Crippen molar-refractivity contribution >= 4 is 41.1 Å². The summed E-state index contributed by atoms with van der Waals surface area (Å²) in [6.45, 7) is 0. The van der Waals surface area contributed by atoms with Crippen LogP contribution in [0.5, 0.6) is 5.75 Å². The van der Waals surface area contributed by atoms with Crippen molar-refractivity contribution in [2.24, 2.45) is 29.4 Å². The molecule has 6 atom stereocenters. The van der Waals surface area contributed by atoms with Crippen LogP contribution in [0, 0.1) is 29.5 Å². The van der Waals surface area contributed by atoms with Crippen molar-refractivity contribution in [2.45, 2.75) is 24.5 Å². The van der Waals surface area contributed by atoms with Crippen molar-refractivity contribution in [3.63, 3.8) is 0 Å². The molecule has 3 aliphatic rings. The van der Waals surface area contributed by atoms with E-state index in [1.54, 1.807) is 0 Å². The van der Waals surface area contributed by atoms with E-state index >= 15 is 0 Å². The van der Waals surface area contributed by atoms with Gasteiger partial charge in [-0.25, -0.2) is 4.39 Å². The van der Waals surface area contributed by atoms with Gasteiger partial charge in [0.15, 0.2) is 40.5 Å². The number of ketones is 4. The van der Waals surface area contributed by atoms with E-state index in [-0.39, 0.29) is 30.5 Å². The van der Waals surface area contributed by atoms with E-state index in [0.29, 0.717) is 6.07 Å². The van der Waals surface area contributed by atoms with Gasteiger partial charge in [-0.15, -0.1) is 0 Å². The predicted octanol–water partition coefficient (Wildman–Crippen LogP) is -1.43. The molecule has 3 aliphatic carbocycles. The zero-order chi connectivity index (χ0) is 25.3. The van der Waals surface area contributed by atoms with Gasteiger partial charge in [-0.2, -0.15) is 0 Å². The molecule has 12 heteroatoms. The monoisotopic (exact) mass is 475 g/mol. The molecule has 0 bridgehead atoms. The zero-order valence-corrected chi connectivity index (χ0v) is 18.2. The summed E-state index contributed by atoms with van der Waals surface area (Å²) in [5.41, 5.74) is 1.64. The van der Waals surface area contributed by atoms with E-state index in [2.05, 4.69) is 5.32 Å². The Bertz CT molecular complexity index is 1180. The summed E-state index contributed by atoms with van der Waals surface area (Å²) in [5.74, 6) is -13.3. The molecule has 0 spiro atoms. The number of hydrogen-bond acceptors (Lipinski definition) is 9. The van der Waals surface area contributed by atoms with Gasteiger partial charge in [0.2, 0.25) is 12.3 Å². The second-order valence-electron chi connectivity index (χ2n) is 9.16. The number of aromatic hydroxyl groups is 1. The molecule has 2 amide bonds. The lowest BCUT2D eigenvalue weighted by Crippen LogP contribution is -2.74. The van der Waals surface area contributed by atoms with Gasteiger partial charge in [-0.3, -0.25) is 33.7 Å². The van der Waals surface area contributed by atoms with Gasteiger partial charge < -0.3 is 21.3 Å². The molecule has 4 unspecified atom stereocenters. The number of amides is 2. The zero-order valence-electron chi connectivity index (χ0n) is 18.2. The maximum atomic E-state index is 14.4. The standard InChI is InChI=1S/C22H22FN3O8/c1-26(2)16-9-4-7-3-8-13(11(28)5-10(23)15(8)25-6-27)17(29)12(7)19(31)22(9,34)20(32)14(18(16)30)21(24)33/h5-7,9,12,14,16,28,34H,3-4H2,1-2H3,(H2,24,33)(H,25,27)/t7?,9?,12?,14?,16-,22-/m0/s1. The Balaban J connectivity index is 1.90. The van der Waals surface area contributed by atoms with Crippen LogP contribution >= 0.6 is 0 Å². The van der Waals surface area contributed by atoms with Crippen LogP contribution in [-0.4, -0.2) is 76.3 Å². The largest absolute Gasteiger partial charge is 0.507 e. The van der Waals surface area contributed by atoms with E-state index in [9.17, 15) is 43.4 Å². The lowest BCUT2D eigenvalue weighted by Gasteiger charge is -2.52. The molecule has 1 aromatic carbocycles. The highest BCUT2D eigenvalue weighted by atomic mass is 19.1. The molecule has 5 N–H and O–H groups in total. The number of carbonyl (C=O) groups excluding carboxylic acids is 6. The number of halogens is 1. The summed E-state index contributed by atoms with van der Waals surface area (Å²) < 4.78 is 14.4. The summed E-state index contributed by atoms with van der Waals surface area (Å²) in [5, 5.41) is 23.8. The Morgan fingerprint density at radius 1 is 1.26 bits per heavy atom. The molecule has 180 valence electrons. The van der Waals surface area contributed by atoms with Crippen LogP contribution in [0.4, 0.5) is 10.1 Å². The highest BCUT2D eigenvalue weighted by molar-refractivity contribution is 6.32. The third-order valence-corrected chi connectivity index (χ3v) is 7.22. The summed E-state index contributed by atoms with van der Waals surface area (Å²) in [7, 11) is 2.93. The van der Waals surface area contributed by atoms with Gasteiger partial charge in [0.05, 0.1) is 23.2 Å². The first-order valence-electron chi connectivity index (χ1n) is 10.5. The van der Waals surface area contributed by atoms with Gasteiger partial charge in [0, 0.05) is 12.0 Å². The fourth-order valence-electron chi connectivity index (χ4n) is 5.86. The fraction of sp³-hybridized carbons (Fsp3) is 0.455. The van der Waals surface area contributed by atoms with Crippen LogP contribution in [0.2, 0.25) is 0 Å². The number of nitrogens with two attached hydrogens (primary N) is 1. The third kappa shape index (κ3) is 2.95. The SMILES string of the molecule is CN(C)[C@@H]1C(=O)C(C(N)=O)C(=O)[C@@]2(O)C(=O)C3C(=O)c4c(O)cc(F)c(NC=O)c4CC3CC12. The number of fused-ring (bicyclic) bond motifs is 3. The Morgan fingerprint density at radius 2 is 1.91 bits per heavy atom. The smallest absolute Gasteiger partial charge is 0.235 e. The molecular formula is C22H22FN3O8. The van der Waals surface area contributed by atoms with Gasteiger partial charge in [0.25, 0.3) is 0 Å². The summed E-state index contributed by atoms with van der Waals surface area (Å²) in [6.07, 6.45) is -0.142. The molecule has 0 aliphatic heterocycles. The molecule has 0 saturated heterocycles. The Morgan fingerprint density at radius 3 is 2.47 bits per heavy atom. The van der Waals surface area contributed by atoms with Gasteiger partial charge in [0.1, 0.15) is 5.75 Å². The number of Topliss-reactive ketones (excluding diaryl/α,β-unsaturated/α-hetero) is 4. The number of nitrogens with one attached hydrogen (secondary N) is 1. The quantitative estimate of drug-likeness (QED) is 0.230. The van der Waals surface area contributed by atoms with Crippen molar-refractivity contribution in [3.05, 3.63) is 23.0 Å². The van der Waals surface area contributed by atoms with Crippen LogP contribution in [0.3, 0.4) is 0 Å². The number of benzene rings is 1. The first kappa shape index (κ1) is 23.6. The number of likely N-dealkylation sites (N-methyl/N-ethyl adjacent to an activating group) is 1. The Hall–Kier alpha value is -3.51. The normalized spacial score (nSPS) is 32.7. The molecule has 4 rings (SSSR count). The number of phenols is 1. The van der Waals surface area contributed by atoms with Crippen molar-refractivity contribution < 1.29 is 43.4 Å². The van der Waals surface area contributed by atoms with Crippen LogP contribution in [0.25, 0.3) is 0 Å². The van der Waals surface area contributed by atoms with Gasteiger partial charge in [-0.05, 0) is 38.4 Å². The molecule has 0 heterocycles. The average Bonchev–Trinajstić information content (AvgIpc) is 2.72. The predicted molar refractivity (Wildman–Crippen MR) is 111 cm³/mol. The summed E-state index contributed by atoms with van der Waals surface area (Å²) in [6, 6.07) is -0.626. The topological polar surface area (TPSA) is 184 Å². The molecule has 1 aromatic rings.